The lowest BCUT2D eigenvalue weighted by atomic mass is 9.94. The van der Waals surface area contributed by atoms with Gasteiger partial charge in [-0.1, -0.05) is 6.07 Å². The molecule has 0 aromatic carbocycles. The van der Waals surface area contributed by atoms with Crippen LogP contribution >= 0.6 is 0 Å². The summed E-state index contributed by atoms with van der Waals surface area (Å²) in [5.41, 5.74) is 1.44. The summed E-state index contributed by atoms with van der Waals surface area (Å²) >= 11 is 0. The molecule has 0 saturated carbocycles. The molecule has 2 aliphatic heterocycles. The molecule has 0 amide bonds. The van der Waals surface area contributed by atoms with Gasteiger partial charge in [0, 0.05) is 19.3 Å². The fourth-order valence-corrected chi connectivity index (χ4v) is 2.61. The molecular formula is C13H19N3. The lowest BCUT2D eigenvalue weighted by molar-refractivity contribution is 0.346. The van der Waals surface area contributed by atoms with Crippen LogP contribution in [0.5, 0.6) is 0 Å². The van der Waals surface area contributed by atoms with Crippen LogP contribution in [0.4, 0.5) is 5.82 Å². The molecule has 0 aliphatic carbocycles. The first kappa shape index (κ1) is 10.1. The Morgan fingerprint density at radius 3 is 2.81 bits per heavy atom. The highest BCUT2D eigenvalue weighted by atomic mass is 15.2. The predicted octanol–water partition coefficient (Wildman–Crippen LogP) is 1.44. The second kappa shape index (κ2) is 4.42. The van der Waals surface area contributed by atoms with Gasteiger partial charge in [-0.2, -0.15) is 0 Å². The molecule has 1 aromatic heterocycles. The molecule has 0 spiro atoms. The van der Waals surface area contributed by atoms with Crippen molar-refractivity contribution in [3.63, 3.8) is 0 Å². The molecular weight excluding hydrogens is 198 g/mol. The molecule has 2 saturated heterocycles. The van der Waals surface area contributed by atoms with Gasteiger partial charge < -0.3 is 10.2 Å². The quantitative estimate of drug-likeness (QED) is 0.830. The Labute approximate surface area is 96.9 Å². The zero-order chi connectivity index (χ0) is 10.8. The summed E-state index contributed by atoms with van der Waals surface area (Å²) in [6, 6.07) is 4.32. The van der Waals surface area contributed by atoms with Crippen molar-refractivity contribution >= 4 is 5.82 Å². The Bertz CT molecular complexity index is 354. The highest BCUT2D eigenvalue weighted by Crippen LogP contribution is 2.24. The van der Waals surface area contributed by atoms with Gasteiger partial charge in [0.2, 0.25) is 0 Å². The summed E-state index contributed by atoms with van der Waals surface area (Å²) in [6.45, 7) is 4.72. The molecule has 0 atom stereocenters. The van der Waals surface area contributed by atoms with E-state index < -0.39 is 0 Å². The third kappa shape index (κ3) is 1.92. The monoisotopic (exact) mass is 217 g/mol. The SMILES string of the molecule is c1cnc(N2CCCC2)c(CC2CNC2)c1. The van der Waals surface area contributed by atoms with E-state index in [4.69, 9.17) is 0 Å². The number of pyridine rings is 1. The smallest absolute Gasteiger partial charge is 0.131 e. The molecule has 86 valence electrons. The van der Waals surface area contributed by atoms with Gasteiger partial charge in [0.25, 0.3) is 0 Å². The van der Waals surface area contributed by atoms with Crippen LogP contribution in [0.15, 0.2) is 18.3 Å². The second-order valence-electron chi connectivity index (χ2n) is 4.91. The average molecular weight is 217 g/mol. The van der Waals surface area contributed by atoms with Crippen molar-refractivity contribution in [3.05, 3.63) is 23.9 Å². The van der Waals surface area contributed by atoms with Crippen molar-refractivity contribution in [2.24, 2.45) is 5.92 Å². The van der Waals surface area contributed by atoms with Gasteiger partial charge in [-0.25, -0.2) is 4.98 Å². The van der Waals surface area contributed by atoms with E-state index in [-0.39, 0.29) is 0 Å². The number of hydrogen-bond acceptors (Lipinski definition) is 3. The standard InChI is InChI=1S/C13H19N3/c1-2-7-16(6-1)13-12(4-3-5-15-13)8-11-9-14-10-11/h3-5,11,14H,1-2,6-10H2. The lowest BCUT2D eigenvalue weighted by Gasteiger charge is -2.29. The van der Waals surface area contributed by atoms with Gasteiger partial charge in [-0.3, -0.25) is 0 Å². The summed E-state index contributed by atoms with van der Waals surface area (Å²) in [4.78, 5) is 7.02. The Balaban J connectivity index is 1.78. The molecule has 16 heavy (non-hydrogen) atoms. The molecule has 0 unspecified atom stereocenters. The van der Waals surface area contributed by atoms with E-state index >= 15 is 0 Å². The van der Waals surface area contributed by atoms with Gasteiger partial charge in [0.1, 0.15) is 5.82 Å². The molecule has 1 N–H and O–H groups in total. The van der Waals surface area contributed by atoms with Crippen molar-refractivity contribution in [1.29, 1.82) is 0 Å². The average Bonchev–Trinajstić information content (AvgIpc) is 2.77. The Hall–Kier alpha value is -1.09. The normalized spacial score (nSPS) is 21.1. The third-order valence-electron chi connectivity index (χ3n) is 3.65. The Morgan fingerprint density at radius 1 is 1.31 bits per heavy atom. The van der Waals surface area contributed by atoms with Crippen LogP contribution in [-0.2, 0) is 6.42 Å². The maximum absolute atomic E-state index is 4.58. The topological polar surface area (TPSA) is 28.2 Å². The number of anilines is 1. The molecule has 3 heterocycles. The molecule has 2 aliphatic rings. The van der Waals surface area contributed by atoms with Crippen LogP contribution in [0.1, 0.15) is 18.4 Å². The van der Waals surface area contributed by atoms with E-state index in [1.807, 2.05) is 6.20 Å². The van der Waals surface area contributed by atoms with E-state index in [0.717, 1.165) is 5.92 Å². The highest BCUT2D eigenvalue weighted by Gasteiger charge is 2.21. The first-order valence-electron chi connectivity index (χ1n) is 6.33. The second-order valence-corrected chi connectivity index (χ2v) is 4.91. The van der Waals surface area contributed by atoms with Crippen molar-refractivity contribution in [2.45, 2.75) is 19.3 Å². The van der Waals surface area contributed by atoms with E-state index in [1.54, 1.807) is 0 Å². The fraction of sp³-hybridized carbons (Fsp3) is 0.615. The minimum atomic E-state index is 0.825. The first-order chi connectivity index (χ1) is 7.93. The van der Waals surface area contributed by atoms with Crippen LogP contribution < -0.4 is 10.2 Å². The summed E-state index contributed by atoms with van der Waals surface area (Å²) < 4.78 is 0. The van der Waals surface area contributed by atoms with Gasteiger partial charge in [0.15, 0.2) is 0 Å². The Kier molecular flexibility index (Phi) is 2.79. The molecule has 2 fully saturated rings. The van der Waals surface area contributed by atoms with Crippen LogP contribution in [0, 0.1) is 5.92 Å². The van der Waals surface area contributed by atoms with Gasteiger partial charge in [-0.05, 0) is 49.9 Å². The molecule has 3 heteroatoms. The zero-order valence-electron chi connectivity index (χ0n) is 9.65. The van der Waals surface area contributed by atoms with Crippen LogP contribution in [0.25, 0.3) is 0 Å². The van der Waals surface area contributed by atoms with Crippen molar-refractivity contribution < 1.29 is 0 Å². The van der Waals surface area contributed by atoms with Crippen LogP contribution in [0.3, 0.4) is 0 Å². The van der Waals surface area contributed by atoms with Crippen LogP contribution in [0.2, 0.25) is 0 Å². The lowest BCUT2D eigenvalue weighted by Crippen LogP contribution is -2.43. The summed E-state index contributed by atoms with van der Waals surface area (Å²) in [5.74, 6) is 2.07. The summed E-state index contributed by atoms with van der Waals surface area (Å²) in [7, 11) is 0. The number of nitrogens with zero attached hydrogens (tertiary/aromatic N) is 2. The number of nitrogens with one attached hydrogen (secondary N) is 1. The van der Waals surface area contributed by atoms with Crippen LogP contribution in [-0.4, -0.2) is 31.2 Å². The Morgan fingerprint density at radius 2 is 2.12 bits per heavy atom. The fourth-order valence-electron chi connectivity index (χ4n) is 2.61. The van der Waals surface area contributed by atoms with Crippen molar-refractivity contribution in [3.8, 4) is 0 Å². The maximum atomic E-state index is 4.58. The minimum absolute atomic E-state index is 0.825. The third-order valence-corrected chi connectivity index (χ3v) is 3.65. The van der Waals surface area contributed by atoms with Gasteiger partial charge in [0.05, 0.1) is 0 Å². The summed E-state index contributed by atoms with van der Waals surface area (Å²) in [5, 5.41) is 3.34. The number of hydrogen-bond donors (Lipinski definition) is 1. The van der Waals surface area contributed by atoms with E-state index in [9.17, 15) is 0 Å². The largest absolute Gasteiger partial charge is 0.356 e. The molecule has 3 nitrogen and oxygen atoms in total. The number of rotatable bonds is 3. The van der Waals surface area contributed by atoms with E-state index in [0.29, 0.717) is 0 Å². The molecule has 3 rings (SSSR count). The van der Waals surface area contributed by atoms with Gasteiger partial charge in [-0.15, -0.1) is 0 Å². The molecule has 0 bridgehead atoms. The van der Waals surface area contributed by atoms with E-state index in [1.165, 1.54) is 56.8 Å². The van der Waals surface area contributed by atoms with E-state index in [2.05, 4.69) is 27.3 Å². The minimum Gasteiger partial charge on any atom is -0.356 e. The number of aromatic nitrogens is 1. The van der Waals surface area contributed by atoms with Crippen molar-refractivity contribution in [1.82, 2.24) is 10.3 Å². The molecule has 0 radical (unpaired) electrons. The van der Waals surface area contributed by atoms with Gasteiger partial charge >= 0.3 is 0 Å². The predicted molar refractivity (Wildman–Crippen MR) is 65.7 cm³/mol. The maximum Gasteiger partial charge on any atom is 0.131 e. The summed E-state index contributed by atoms with van der Waals surface area (Å²) in [6.07, 6.45) is 5.75. The highest BCUT2D eigenvalue weighted by molar-refractivity contribution is 5.47. The molecule has 1 aromatic rings. The van der Waals surface area contributed by atoms with Crippen molar-refractivity contribution in [2.75, 3.05) is 31.1 Å². The zero-order valence-corrected chi connectivity index (χ0v) is 9.65. The first-order valence-corrected chi connectivity index (χ1v) is 6.33.